The van der Waals surface area contributed by atoms with Crippen LogP contribution in [0.2, 0.25) is 5.02 Å². The van der Waals surface area contributed by atoms with Crippen molar-refractivity contribution in [2.75, 3.05) is 6.54 Å². The van der Waals surface area contributed by atoms with Crippen molar-refractivity contribution in [1.29, 1.82) is 0 Å². The molecule has 0 fully saturated rings. The second-order valence-corrected chi connectivity index (χ2v) is 5.36. The topological polar surface area (TPSA) is 58.6 Å². The maximum absolute atomic E-state index is 11.4. The molecule has 0 aliphatic heterocycles. The predicted octanol–water partition coefficient (Wildman–Crippen LogP) is 3.11. The van der Waals surface area contributed by atoms with E-state index in [2.05, 4.69) is 5.32 Å². The Balaban J connectivity index is 2.40. The van der Waals surface area contributed by atoms with E-state index in [4.69, 9.17) is 16.3 Å². The summed E-state index contributed by atoms with van der Waals surface area (Å²) in [7, 11) is 0. The van der Waals surface area contributed by atoms with E-state index in [0.717, 1.165) is 5.56 Å². The van der Waals surface area contributed by atoms with Crippen LogP contribution in [-0.2, 0) is 11.2 Å². The summed E-state index contributed by atoms with van der Waals surface area (Å²) in [6.45, 7) is 5.86. The molecule has 18 heavy (non-hydrogen) atoms. The van der Waals surface area contributed by atoms with Gasteiger partial charge in [-0.1, -0.05) is 17.7 Å². The number of benzene rings is 1. The number of rotatable bonds is 3. The van der Waals surface area contributed by atoms with E-state index in [1.807, 2.05) is 20.8 Å². The number of aromatic hydroxyl groups is 1. The number of hydrogen-bond donors (Lipinski definition) is 2. The number of halogens is 1. The number of carbonyl (C=O) groups is 1. The molecule has 0 saturated heterocycles. The Hall–Kier alpha value is -1.42. The van der Waals surface area contributed by atoms with Gasteiger partial charge in [-0.3, -0.25) is 0 Å². The summed E-state index contributed by atoms with van der Waals surface area (Å²) >= 11 is 5.95. The van der Waals surface area contributed by atoms with Crippen LogP contribution >= 0.6 is 11.6 Å². The van der Waals surface area contributed by atoms with E-state index in [9.17, 15) is 9.90 Å². The first-order valence-corrected chi connectivity index (χ1v) is 6.10. The molecule has 0 bridgehead atoms. The highest BCUT2D eigenvalue weighted by Gasteiger charge is 2.15. The fraction of sp³-hybridized carbons (Fsp3) is 0.462. The minimum Gasteiger partial charge on any atom is -0.508 e. The molecule has 0 heterocycles. The molecule has 0 spiro atoms. The third-order valence-electron chi connectivity index (χ3n) is 2.10. The number of nitrogens with one attached hydrogen (secondary N) is 1. The van der Waals surface area contributed by atoms with Crippen LogP contribution in [0.4, 0.5) is 4.79 Å². The standard InChI is InChI=1S/C13H18ClNO3/c1-13(2,3)18-12(17)15-7-6-9-4-5-10(16)8-11(9)14/h4-5,8,16H,6-7H2,1-3H3,(H,15,17). The summed E-state index contributed by atoms with van der Waals surface area (Å²) in [6.07, 6.45) is 0.135. The lowest BCUT2D eigenvalue weighted by Gasteiger charge is -2.19. The van der Waals surface area contributed by atoms with Crippen LogP contribution in [0.3, 0.4) is 0 Å². The van der Waals surface area contributed by atoms with Crippen molar-refractivity contribution in [1.82, 2.24) is 5.32 Å². The number of hydrogen-bond acceptors (Lipinski definition) is 3. The van der Waals surface area contributed by atoms with Crippen molar-refractivity contribution < 1.29 is 14.6 Å². The summed E-state index contributed by atoms with van der Waals surface area (Å²) in [4.78, 5) is 11.4. The molecule has 1 amide bonds. The zero-order valence-electron chi connectivity index (χ0n) is 10.8. The van der Waals surface area contributed by atoms with Crippen LogP contribution in [0, 0.1) is 0 Å². The van der Waals surface area contributed by atoms with E-state index < -0.39 is 11.7 Å². The molecule has 5 heteroatoms. The lowest BCUT2D eigenvalue weighted by atomic mass is 10.1. The molecular formula is C13H18ClNO3. The van der Waals surface area contributed by atoms with Gasteiger partial charge in [0.25, 0.3) is 0 Å². The molecule has 0 unspecified atom stereocenters. The monoisotopic (exact) mass is 271 g/mol. The third kappa shape index (κ3) is 5.27. The Kier molecular flexibility index (Phi) is 4.84. The van der Waals surface area contributed by atoms with Crippen LogP contribution < -0.4 is 5.32 Å². The maximum Gasteiger partial charge on any atom is 0.407 e. The summed E-state index contributed by atoms with van der Waals surface area (Å²) in [6, 6.07) is 4.77. The van der Waals surface area contributed by atoms with Crippen LogP contribution in [0.5, 0.6) is 5.75 Å². The van der Waals surface area contributed by atoms with Crippen molar-refractivity contribution in [2.45, 2.75) is 32.8 Å². The van der Waals surface area contributed by atoms with Gasteiger partial charge in [-0.2, -0.15) is 0 Å². The molecule has 0 saturated carbocycles. The Morgan fingerprint density at radius 2 is 2.11 bits per heavy atom. The van der Waals surface area contributed by atoms with Gasteiger partial charge in [0, 0.05) is 11.6 Å². The van der Waals surface area contributed by atoms with Crippen LogP contribution in [-0.4, -0.2) is 23.3 Å². The van der Waals surface area contributed by atoms with Crippen molar-refractivity contribution in [3.63, 3.8) is 0 Å². The van der Waals surface area contributed by atoms with Crippen LogP contribution in [0.1, 0.15) is 26.3 Å². The Bertz CT molecular complexity index is 427. The summed E-state index contributed by atoms with van der Waals surface area (Å²) in [5.41, 5.74) is 0.366. The van der Waals surface area contributed by atoms with Gasteiger partial charge in [0.1, 0.15) is 11.4 Å². The molecule has 0 aromatic heterocycles. The van der Waals surface area contributed by atoms with E-state index in [0.29, 0.717) is 18.0 Å². The summed E-state index contributed by atoms with van der Waals surface area (Å²) in [5.74, 6) is 0.129. The molecular weight excluding hydrogens is 254 g/mol. The van der Waals surface area contributed by atoms with E-state index in [1.54, 1.807) is 12.1 Å². The van der Waals surface area contributed by atoms with Crippen molar-refractivity contribution >= 4 is 17.7 Å². The van der Waals surface area contributed by atoms with Crippen molar-refractivity contribution in [3.8, 4) is 5.75 Å². The SMILES string of the molecule is CC(C)(C)OC(=O)NCCc1ccc(O)cc1Cl. The molecule has 1 aromatic carbocycles. The Morgan fingerprint density at radius 3 is 2.67 bits per heavy atom. The van der Waals surface area contributed by atoms with Crippen molar-refractivity contribution in [2.24, 2.45) is 0 Å². The zero-order valence-corrected chi connectivity index (χ0v) is 11.5. The summed E-state index contributed by atoms with van der Waals surface area (Å²) < 4.78 is 5.10. The third-order valence-corrected chi connectivity index (χ3v) is 2.45. The molecule has 0 radical (unpaired) electrons. The Labute approximate surface area is 112 Å². The highest BCUT2D eigenvalue weighted by molar-refractivity contribution is 6.31. The normalized spacial score (nSPS) is 11.1. The van der Waals surface area contributed by atoms with Crippen LogP contribution in [0.25, 0.3) is 0 Å². The number of amides is 1. The number of ether oxygens (including phenoxy) is 1. The van der Waals surface area contributed by atoms with E-state index in [-0.39, 0.29) is 5.75 Å². The quantitative estimate of drug-likeness (QED) is 0.888. The highest BCUT2D eigenvalue weighted by atomic mass is 35.5. The summed E-state index contributed by atoms with van der Waals surface area (Å²) in [5, 5.41) is 12.3. The second kappa shape index (κ2) is 5.96. The minimum atomic E-state index is -0.500. The molecule has 0 atom stereocenters. The maximum atomic E-state index is 11.4. The average molecular weight is 272 g/mol. The van der Waals surface area contributed by atoms with Crippen LogP contribution in [0.15, 0.2) is 18.2 Å². The number of alkyl carbamates (subject to hydrolysis) is 1. The predicted molar refractivity (Wildman–Crippen MR) is 71.1 cm³/mol. The first-order chi connectivity index (χ1) is 8.28. The van der Waals surface area contributed by atoms with Crippen molar-refractivity contribution in [3.05, 3.63) is 28.8 Å². The van der Waals surface area contributed by atoms with Gasteiger partial charge in [0.15, 0.2) is 0 Å². The molecule has 0 aliphatic carbocycles. The van der Waals surface area contributed by atoms with Gasteiger partial charge < -0.3 is 15.2 Å². The molecule has 4 nitrogen and oxygen atoms in total. The Morgan fingerprint density at radius 1 is 1.44 bits per heavy atom. The number of phenolic OH excluding ortho intramolecular Hbond substituents is 1. The second-order valence-electron chi connectivity index (χ2n) is 4.95. The lowest BCUT2D eigenvalue weighted by Crippen LogP contribution is -2.33. The highest BCUT2D eigenvalue weighted by Crippen LogP contribution is 2.21. The molecule has 100 valence electrons. The average Bonchev–Trinajstić information content (AvgIpc) is 2.18. The van der Waals surface area contributed by atoms with Gasteiger partial charge in [0.05, 0.1) is 0 Å². The van der Waals surface area contributed by atoms with Gasteiger partial charge in [-0.05, 0) is 44.9 Å². The van der Waals surface area contributed by atoms with Gasteiger partial charge in [0.2, 0.25) is 0 Å². The molecule has 1 rings (SSSR count). The minimum absolute atomic E-state index is 0.129. The molecule has 2 N–H and O–H groups in total. The fourth-order valence-electron chi connectivity index (χ4n) is 1.35. The zero-order chi connectivity index (χ0) is 13.8. The number of phenols is 1. The molecule has 1 aromatic rings. The van der Waals surface area contributed by atoms with Gasteiger partial charge in [-0.15, -0.1) is 0 Å². The fourth-order valence-corrected chi connectivity index (χ4v) is 1.62. The molecule has 0 aliphatic rings. The van der Waals surface area contributed by atoms with E-state index >= 15 is 0 Å². The first-order valence-electron chi connectivity index (χ1n) is 5.72. The largest absolute Gasteiger partial charge is 0.508 e. The lowest BCUT2D eigenvalue weighted by molar-refractivity contribution is 0.0528. The van der Waals surface area contributed by atoms with Gasteiger partial charge >= 0.3 is 6.09 Å². The number of carbonyl (C=O) groups excluding carboxylic acids is 1. The smallest absolute Gasteiger partial charge is 0.407 e. The van der Waals surface area contributed by atoms with Gasteiger partial charge in [-0.25, -0.2) is 4.79 Å². The van der Waals surface area contributed by atoms with E-state index in [1.165, 1.54) is 6.07 Å². The first kappa shape index (κ1) is 14.6.